The molecule has 1 aliphatic rings. The van der Waals surface area contributed by atoms with Crippen molar-refractivity contribution in [3.63, 3.8) is 0 Å². The van der Waals surface area contributed by atoms with Gasteiger partial charge in [0.1, 0.15) is 0 Å². The van der Waals surface area contributed by atoms with E-state index in [4.69, 9.17) is 23.2 Å². The molecule has 3 nitrogen and oxygen atoms in total. The number of rotatable bonds is 4. The molecule has 1 amide bonds. The molecule has 156 valence electrons. The lowest BCUT2D eigenvalue weighted by Gasteiger charge is -2.40. The van der Waals surface area contributed by atoms with Crippen LogP contribution in [-0.4, -0.2) is 41.9 Å². The van der Waals surface area contributed by atoms with Gasteiger partial charge in [0, 0.05) is 31.2 Å². The lowest BCUT2D eigenvalue weighted by Crippen LogP contribution is -2.49. The second-order valence-electron chi connectivity index (χ2n) is 7.18. The number of hydrogen-bond acceptors (Lipinski definition) is 2. The molecule has 0 N–H and O–H groups in total. The second-order valence-corrected chi connectivity index (χ2v) is 8.02. The molecule has 3 aromatic carbocycles. The minimum Gasteiger partial charge on any atom is -0.336 e. The van der Waals surface area contributed by atoms with Gasteiger partial charge >= 0.3 is 0 Å². The Morgan fingerprint density at radius 1 is 0.767 bits per heavy atom. The summed E-state index contributed by atoms with van der Waals surface area (Å²) in [5, 5.41) is 0.932. The fourth-order valence-electron chi connectivity index (χ4n) is 3.90. The maximum atomic E-state index is 12.9. The van der Waals surface area contributed by atoms with Gasteiger partial charge in [-0.25, -0.2) is 0 Å². The summed E-state index contributed by atoms with van der Waals surface area (Å²) < 4.78 is 0. The molecular weight excluding hydrogens is 439 g/mol. The summed E-state index contributed by atoms with van der Waals surface area (Å²) in [5.41, 5.74) is 3.03. The van der Waals surface area contributed by atoms with Gasteiger partial charge in [-0.1, -0.05) is 83.9 Å². The van der Waals surface area contributed by atoms with Crippen LogP contribution < -0.4 is 0 Å². The fraction of sp³-hybridized carbons (Fsp3) is 0.208. The predicted molar refractivity (Wildman–Crippen MR) is 126 cm³/mol. The number of amides is 1. The van der Waals surface area contributed by atoms with E-state index in [2.05, 4.69) is 53.4 Å². The van der Waals surface area contributed by atoms with Crippen molar-refractivity contribution in [3.05, 3.63) is 106 Å². The van der Waals surface area contributed by atoms with Gasteiger partial charge in [-0.3, -0.25) is 9.69 Å². The van der Waals surface area contributed by atoms with Crippen LogP contribution in [0.1, 0.15) is 27.5 Å². The topological polar surface area (TPSA) is 23.6 Å². The van der Waals surface area contributed by atoms with E-state index in [0.717, 1.165) is 13.1 Å². The van der Waals surface area contributed by atoms with Crippen LogP contribution in [0.4, 0.5) is 0 Å². The molecule has 30 heavy (non-hydrogen) atoms. The fourth-order valence-corrected chi connectivity index (χ4v) is 4.39. The van der Waals surface area contributed by atoms with Crippen LogP contribution in [0, 0.1) is 0 Å². The third kappa shape index (κ3) is 4.98. The zero-order valence-electron chi connectivity index (χ0n) is 16.4. The molecule has 0 aromatic heterocycles. The molecule has 6 heteroatoms. The Balaban J connectivity index is 0.00000256. The largest absolute Gasteiger partial charge is 0.336 e. The summed E-state index contributed by atoms with van der Waals surface area (Å²) in [6, 6.07) is 26.3. The van der Waals surface area contributed by atoms with E-state index < -0.39 is 0 Å². The van der Waals surface area contributed by atoms with E-state index >= 15 is 0 Å². The van der Waals surface area contributed by atoms with Gasteiger partial charge in [0.05, 0.1) is 16.6 Å². The van der Waals surface area contributed by atoms with Gasteiger partial charge in [0.15, 0.2) is 0 Å². The van der Waals surface area contributed by atoms with Crippen LogP contribution in [0.15, 0.2) is 78.9 Å². The van der Waals surface area contributed by atoms with Gasteiger partial charge in [0.2, 0.25) is 0 Å². The van der Waals surface area contributed by atoms with Gasteiger partial charge in [0.25, 0.3) is 5.91 Å². The molecule has 3 aromatic rings. The van der Waals surface area contributed by atoms with Gasteiger partial charge in [-0.05, 0) is 29.3 Å². The smallest absolute Gasteiger partial charge is 0.255 e. The highest BCUT2D eigenvalue weighted by molar-refractivity contribution is 6.36. The Kier molecular flexibility index (Phi) is 7.79. The summed E-state index contributed by atoms with van der Waals surface area (Å²) in [7, 11) is 0. The quantitative estimate of drug-likeness (QED) is 0.478. The summed E-state index contributed by atoms with van der Waals surface area (Å²) in [6.45, 7) is 2.92. The molecule has 1 aliphatic heterocycles. The average molecular weight is 462 g/mol. The summed E-state index contributed by atoms with van der Waals surface area (Å²) in [4.78, 5) is 17.2. The molecule has 1 heterocycles. The first-order valence-electron chi connectivity index (χ1n) is 9.72. The highest BCUT2D eigenvalue weighted by Gasteiger charge is 2.29. The Labute approximate surface area is 193 Å². The van der Waals surface area contributed by atoms with Crippen molar-refractivity contribution in [2.45, 2.75) is 6.04 Å². The standard InChI is InChI=1S/C24H22Cl2N2O.ClH/c25-20-11-12-21(22(26)17-20)24(29)28-15-13-27(14-16-28)23(18-7-3-1-4-8-18)19-9-5-2-6-10-19;/h1-12,17,23H,13-16H2;1H. The number of benzene rings is 3. The molecule has 4 rings (SSSR count). The summed E-state index contributed by atoms with van der Waals surface area (Å²) in [6.07, 6.45) is 0. The van der Waals surface area contributed by atoms with E-state index in [1.807, 2.05) is 17.0 Å². The van der Waals surface area contributed by atoms with Gasteiger partial charge < -0.3 is 4.90 Å². The van der Waals surface area contributed by atoms with Crippen molar-refractivity contribution >= 4 is 41.5 Å². The minimum absolute atomic E-state index is 0. The number of hydrogen-bond donors (Lipinski definition) is 0. The second kappa shape index (κ2) is 10.3. The number of nitrogens with zero attached hydrogens (tertiary/aromatic N) is 2. The van der Waals surface area contributed by atoms with Gasteiger partial charge in [-0.15, -0.1) is 12.4 Å². The van der Waals surface area contributed by atoms with Crippen molar-refractivity contribution in [1.29, 1.82) is 0 Å². The first-order chi connectivity index (χ1) is 14.1. The molecule has 0 spiro atoms. The molecule has 1 saturated heterocycles. The van der Waals surface area contributed by atoms with Crippen molar-refractivity contribution in [1.82, 2.24) is 9.80 Å². The number of piperazine rings is 1. The van der Waals surface area contributed by atoms with Crippen molar-refractivity contribution in [2.75, 3.05) is 26.2 Å². The highest BCUT2D eigenvalue weighted by atomic mass is 35.5. The predicted octanol–water partition coefficient (Wildman–Crippen LogP) is 5.96. The molecule has 0 radical (unpaired) electrons. The Hall–Kier alpha value is -2.04. The van der Waals surface area contributed by atoms with Crippen LogP contribution in [0.2, 0.25) is 10.0 Å². The van der Waals surface area contributed by atoms with E-state index in [-0.39, 0.29) is 24.4 Å². The van der Waals surface area contributed by atoms with Crippen molar-refractivity contribution < 1.29 is 4.79 Å². The van der Waals surface area contributed by atoms with Gasteiger partial charge in [-0.2, -0.15) is 0 Å². The first kappa shape index (κ1) is 22.6. The third-order valence-corrected chi connectivity index (χ3v) is 5.91. The van der Waals surface area contributed by atoms with Crippen LogP contribution >= 0.6 is 35.6 Å². The van der Waals surface area contributed by atoms with Crippen LogP contribution in [-0.2, 0) is 0 Å². The Bertz CT molecular complexity index is 935. The third-order valence-electron chi connectivity index (χ3n) is 5.36. The molecule has 0 aliphatic carbocycles. The Morgan fingerprint density at radius 3 is 1.80 bits per heavy atom. The van der Waals surface area contributed by atoms with E-state index in [1.165, 1.54) is 11.1 Å². The average Bonchev–Trinajstić information content (AvgIpc) is 2.76. The van der Waals surface area contributed by atoms with Crippen molar-refractivity contribution in [3.8, 4) is 0 Å². The monoisotopic (exact) mass is 460 g/mol. The molecule has 1 fully saturated rings. The van der Waals surface area contributed by atoms with E-state index in [1.54, 1.807) is 18.2 Å². The lowest BCUT2D eigenvalue weighted by atomic mass is 9.96. The number of carbonyl (C=O) groups excluding carboxylic acids is 1. The maximum Gasteiger partial charge on any atom is 0.255 e. The van der Waals surface area contributed by atoms with Crippen LogP contribution in [0.5, 0.6) is 0 Å². The highest BCUT2D eigenvalue weighted by Crippen LogP contribution is 2.30. The molecule has 0 atom stereocenters. The van der Waals surface area contributed by atoms with Crippen LogP contribution in [0.25, 0.3) is 0 Å². The Morgan fingerprint density at radius 2 is 1.30 bits per heavy atom. The molecule has 0 saturated carbocycles. The summed E-state index contributed by atoms with van der Waals surface area (Å²) >= 11 is 12.2. The SMILES string of the molecule is Cl.O=C(c1ccc(Cl)cc1Cl)N1CCN(C(c2ccccc2)c2ccccc2)CC1. The summed E-state index contributed by atoms with van der Waals surface area (Å²) in [5.74, 6) is -0.0395. The normalized spacial score (nSPS) is 14.4. The van der Waals surface area contributed by atoms with Crippen LogP contribution in [0.3, 0.4) is 0 Å². The van der Waals surface area contributed by atoms with Crippen molar-refractivity contribution in [2.24, 2.45) is 0 Å². The zero-order valence-corrected chi connectivity index (χ0v) is 18.7. The van der Waals surface area contributed by atoms with E-state index in [0.29, 0.717) is 28.7 Å². The number of halogens is 3. The maximum absolute atomic E-state index is 12.9. The lowest BCUT2D eigenvalue weighted by molar-refractivity contribution is 0.0597. The number of carbonyl (C=O) groups is 1. The molecular formula is C24H23Cl3N2O. The molecule has 0 unspecified atom stereocenters. The first-order valence-corrected chi connectivity index (χ1v) is 10.5. The van der Waals surface area contributed by atoms with E-state index in [9.17, 15) is 4.79 Å². The minimum atomic E-state index is -0.0395. The molecule has 0 bridgehead atoms. The zero-order chi connectivity index (χ0) is 20.2.